The van der Waals surface area contributed by atoms with E-state index in [2.05, 4.69) is 50.2 Å². The summed E-state index contributed by atoms with van der Waals surface area (Å²) >= 11 is 0. The Morgan fingerprint density at radius 3 is 2.38 bits per heavy atom. The average Bonchev–Trinajstić information content (AvgIpc) is 3.38. The minimum Gasteiger partial charge on any atom is -0.494 e. The van der Waals surface area contributed by atoms with Gasteiger partial charge in [-0.25, -0.2) is 0 Å². The van der Waals surface area contributed by atoms with Crippen molar-refractivity contribution in [2.24, 2.45) is 17.3 Å². The van der Waals surface area contributed by atoms with Crippen molar-refractivity contribution < 1.29 is 33.3 Å². The molecular formula is C40H55NO7. The smallest absolute Gasteiger partial charge is 0.308 e. The summed E-state index contributed by atoms with van der Waals surface area (Å²) in [6.07, 6.45) is 9.80. The largest absolute Gasteiger partial charge is 0.494 e. The number of esters is 2. The van der Waals surface area contributed by atoms with Gasteiger partial charge in [-0.05, 0) is 122 Å². The molecule has 262 valence electrons. The predicted octanol–water partition coefficient (Wildman–Crippen LogP) is 7.62. The summed E-state index contributed by atoms with van der Waals surface area (Å²) in [4.78, 5) is 37.6. The van der Waals surface area contributed by atoms with E-state index in [-0.39, 0.29) is 41.9 Å². The highest BCUT2D eigenvalue weighted by atomic mass is 16.5. The van der Waals surface area contributed by atoms with Crippen molar-refractivity contribution in [1.29, 1.82) is 0 Å². The van der Waals surface area contributed by atoms with E-state index in [1.165, 1.54) is 30.5 Å². The number of likely N-dealkylation sites (N-methyl/N-ethyl adjacent to an activating group) is 1. The van der Waals surface area contributed by atoms with Gasteiger partial charge in [-0.1, -0.05) is 38.5 Å². The molecule has 0 aromatic heterocycles. The summed E-state index contributed by atoms with van der Waals surface area (Å²) in [7, 11) is 1.84. The van der Waals surface area contributed by atoms with Crippen LogP contribution in [0.25, 0.3) is 0 Å². The number of carbonyl (C=O) groups is 3. The second kappa shape index (κ2) is 16.3. The first-order valence-electron chi connectivity index (χ1n) is 18.1. The number of unbranched alkanes of at least 4 members (excludes halogenated alkanes) is 3. The van der Waals surface area contributed by atoms with Gasteiger partial charge in [0.25, 0.3) is 0 Å². The van der Waals surface area contributed by atoms with Crippen LogP contribution in [0, 0.1) is 17.3 Å². The Hall–Kier alpha value is -3.39. The average molecular weight is 662 g/mol. The molecule has 48 heavy (non-hydrogen) atoms. The predicted molar refractivity (Wildman–Crippen MR) is 185 cm³/mol. The van der Waals surface area contributed by atoms with Gasteiger partial charge in [-0.15, -0.1) is 0 Å². The molecule has 0 spiro atoms. The van der Waals surface area contributed by atoms with Crippen molar-refractivity contribution >= 4 is 17.8 Å². The van der Waals surface area contributed by atoms with Crippen molar-refractivity contribution in [2.45, 2.75) is 110 Å². The number of aryl methyl sites for hydroxylation is 1. The van der Waals surface area contributed by atoms with E-state index in [1.54, 1.807) is 4.90 Å². The number of fused-ring (bicyclic) bond motifs is 5. The molecule has 3 unspecified atom stereocenters. The maximum absolute atomic E-state index is 12.1. The summed E-state index contributed by atoms with van der Waals surface area (Å²) < 4.78 is 23.1. The maximum atomic E-state index is 12.1. The van der Waals surface area contributed by atoms with Crippen LogP contribution in [0.4, 0.5) is 0 Å². The Kier molecular flexibility index (Phi) is 12.2. The Labute approximate surface area is 286 Å². The summed E-state index contributed by atoms with van der Waals surface area (Å²) in [6.45, 7) is 9.59. The van der Waals surface area contributed by atoms with Gasteiger partial charge in [0.05, 0.1) is 6.61 Å². The molecule has 8 nitrogen and oxygen atoms in total. The lowest BCUT2D eigenvalue weighted by molar-refractivity contribution is -0.155. The lowest BCUT2D eigenvalue weighted by Gasteiger charge is -2.54. The van der Waals surface area contributed by atoms with E-state index in [1.807, 2.05) is 13.1 Å². The van der Waals surface area contributed by atoms with Gasteiger partial charge < -0.3 is 23.8 Å². The zero-order valence-electron chi connectivity index (χ0n) is 29.6. The van der Waals surface area contributed by atoms with Crippen molar-refractivity contribution in [1.82, 2.24) is 4.90 Å². The topological polar surface area (TPSA) is 91.4 Å². The van der Waals surface area contributed by atoms with Crippen LogP contribution in [0.3, 0.4) is 0 Å². The van der Waals surface area contributed by atoms with Crippen LogP contribution < -0.4 is 9.47 Å². The van der Waals surface area contributed by atoms with Crippen molar-refractivity contribution in [3.8, 4) is 11.5 Å². The Bertz CT molecular complexity index is 1410. The number of hydrogen-bond acceptors (Lipinski definition) is 7. The first-order chi connectivity index (χ1) is 23.1. The fourth-order valence-electron chi connectivity index (χ4n) is 8.86. The van der Waals surface area contributed by atoms with Gasteiger partial charge >= 0.3 is 11.9 Å². The number of rotatable bonds is 15. The standard InChI is InChI=1S/C40H55NO7/c1-6-7-21-41(5)38(44)26-45-22-9-8-10-23-46-31-14-11-29(12-15-31)35-25-40(4)36(19-20-37(40)48-28(3)43)34-17-13-30-24-32(47-27(2)42)16-18-33(30)39(34)35/h11-12,14-16,18,24,34-37,39H,6-10,13,17,19-23,25-26H2,1-5H3/t34?,35-,36?,37+,39?,40+/m1/s1. The van der Waals surface area contributed by atoms with Gasteiger partial charge in [0, 0.05) is 39.5 Å². The maximum Gasteiger partial charge on any atom is 0.308 e. The molecule has 0 bridgehead atoms. The van der Waals surface area contributed by atoms with Crippen molar-refractivity contribution in [3.63, 3.8) is 0 Å². The minimum absolute atomic E-state index is 0.0430. The highest BCUT2D eigenvalue weighted by Gasteiger charge is 2.59. The number of nitrogens with zero attached hydrogens (tertiary/aromatic N) is 1. The van der Waals surface area contributed by atoms with E-state index < -0.39 is 0 Å². The SMILES string of the molecule is CCCCN(C)C(=O)COCCCCCOc1ccc([C@H]2C[C@@]3(C)C(CC[C@@H]3OC(C)=O)C3CCc4cc(OC(C)=O)ccc4C32)cc1. The molecule has 2 aromatic rings. The second-order valence-electron chi connectivity index (χ2n) is 14.5. The van der Waals surface area contributed by atoms with Crippen LogP contribution in [0.2, 0.25) is 0 Å². The molecule has 0 radical (unpaired) electrons. The number of carbonyl (C=O) groups excluding carboxylic acids is 3. The lowest BCUT2D eigenvalue weighted by Crippen LogP contribution is -2.48. The van der Waals surface area contributed by atoms with Crippen LogP contribution in [-0.4, -0.2) is 62.3 Å². The normalized spacial score (nSPS) is 25.7. The molecule has 1 amide bonds. The molecular weight excluding hydrogens is 606 g/mol. The third-order valence-electron chi connectivity index (χ3n) is 11.2. The zero-order chi connectivity index (χ0) is 34.3. The number of amides is 1. The quantitative estimate of drug-likeness (QED) is 0.110. The fraction of sp³-hybridized carbons (Fsp3) is 0.625. The molecule has 2 fully saturated rings. The highest BCUT2D eigenvalue weighted by Crippen LogP contribution is 2.65. The number of benzene rings is 2. The van der Waals surface area contributed by atoms with E-state index in [4.69, 9.17) is 18.9 Å². The molecule has 3 aliphatic rings. The summed E-state index contributed by atoms with van der Waals surface area (Å²) in [5.74, 6) is 2.61. The number of ether oxygens (including phenoxy) is 4. The van der Waals surface area contributed by atoms with Gasteiger partial charge in [-0.2, -0.15) is 0 Å². The zero-order valence-corrected chi connectivity index (χ0v) is 29.6. The van der Waals surface area contributed by atoms with Gasteiger partial charge in [0.1, 0.15) is 24.2 Å². The minimum atomic E-state index is -0.303. The molecule has 6 atom stereocenters. The van der Waals surface area contributed by atoms with Crippen molar-refractivity contribution in [3.05, 3.63) is 59.2 Å². The first-order valence-corrected chi connectivity index (χ1v) is 18.1. The highest BCUT2D eigenvalue weighted by molar-refractivity contribution is 5.77. The fourth-order valence-corrected chi connectivity index (χ4v) is 8.86. The summed E-state index contributed by atoms with van der Waals surface area (Å²) in [5.41, 5.74) is 3.84. The van der Waals surface area contributed by atoms with Gasteiger partial charge in [0.15, 0.2) is 0 Å². The monoisotopic (exact) mass is 661 g/mol. The molecule has 2 saturated carbocycles. The lowest BCUT2D eigenvalue weighted by atomic mass is 9.51. The number of hydrogen-bond donors (Lipinski definition) is 0. The van der Waals surface area contributed by atoms with Crippen LogP contribution >= 0.6 is 0 Å². The Morgan fingerprint density at radius 2 is 1.65 bits per heavy atom. The Balaban J connectivity index is 1.21. The molecule has 0 aliphatic heterocycles. The molecule has 5 rings (SSSR count). The third kappa shape index (κ3) is 8.42. The summed E-state index contributed by atoms with van der Waals surface area (Å²) in [5, 5.41) is 0. The molecule has 0 N–H and O–H groups in total. The van der Waals surface area contributed by atoms with Crippen molar-refractivity contribution in [2.75, 3.05) is 33.4 Å². The van der Waals surface area contributed by atoms with E-state index in [9.17, 15) is 14.4 Å². The Morgan fingerprint density at radius 1 is 0.896 bits per heavy atom. The van der Waals surface area contributed by atoms with Gasteiger partial charge in [0.2, 0.25) is 5.91 Å². The first kappa shape index (κ1) is 35.9. The van der Waals surface area contributed by atoms with Crippen LogP contribution in [0.5, 0.6) is 11.5 Å². The van der Waals surface area contributed by atoms with Gasteiger partial charge in [-0.3, -0.25) is 14.4 Å². The van der Waals surface area contributed by atoms with E-state index >= 15 is 0 Å². The molecule has 0 heterocycles. The van der Waals surface area contributed by atoms with Crippen LogP contribution in [0.1, 0.15) is 114 Å². The van der Waals surface area contributed by atoms with E-state index in [0.29, 0.717) is 36.7 Å². The van der Waals surface area contributed by atoms with E-state index in [0.717, 1.165) is 76.5 Å². The molecule has 3 aliphatic carbocycles. The van der Waals surface area contributed by atoms with Crippen LogP contribution in [0.15, 0.2) is 42.5 Å². The molecule has 0 saturated heterocycles. The van der Waals surface area contributed by atoms with Crippen LogP contribution in [-0.2, 0) is 30.3 Å². The molecule has 8 heteroatoms. The molecule has 2 aromatic carbocycles. The second-order valence-corrected chi connectivity index (χ2v) is 14.5. The third-order valence-corrected chi connectivity index (χ3v) is 11.2. The summed E-state index contributed by atoms with van der Waals surface area (Å²) in [6, 6.07) is 14.8.